The summed E-state index contributed by atoms with van der Waals surface area (Å²) in [5.41, 5.74) is 4.09. The normalized spacial score (nSPS) is 10.9. The SMILES string of the molecule is COc1cc(/C=C/C(=O)Nc2ccc(C(=O)OCC(C)C)cc2)ccc1OCc1ccccc1C. The largest absolute Gasteiger partial charge is 0.493 e. The van der Waals surface area contributed by atoms with Crippen LogP contribution in [0.4, 0.5) is 5.69 Å². The molecule has 0 atom stereocenters. The summed E-state index contributed by atoms with van der Waals surface area (Å²) in [5, 5.41) is 2.78. The highest BCUT2D eigenvalue weighted by molar-refractivity contribution is 6.02. The van der Waals surface area contributed by atoms with Gasteiger partial charge in [0, 0.05) is 11.8 Å². The first-order valence-electron chi connectivity index (χ1n) is 11.5. The van der Waals surface area contributed by atoms with E-state index >= 15 is 0 Å². The van der Waals surface area contributed by atoms with Gasteiger partial charge < -0.3 is 19.5 Å². The van der Waals surface area contributed by atoms with Crippen LogP contribution in [-0.4, -0.2) is 25.6 Å². The van der Waals surface area contributed by atoms with Crippen molar-refractivity contribution in [2.45, 2.75) is 27.4 Å². The highest BCUT2D eigenvalue weighted by atomic mass is 16.5. The Morgan fingerprint density at radius 3 is 2.40 bits per heavy atom. The molecule has 0 heterocycles. The molecule has 0 aliphatic carbocycles. The summed E-state index contributed by atoms with van der Waals surface area (Å²) >= 11 is 0. The summed E-state index contributed by atoms with van der Waals surface area (Å²) in [6.07, 6.45) is 3.13. The van der Waals surface area contributed by atoms with Gasteiger partial charge in [0.2, 0.25) is 5.91 Å². The molecule has 0 bridgehead atoms. The summed E-state index contributed by atoms with van der Waals surface area (Å²) in [5.74, 6) is 0.813. The number of rotatable bonds is 10. The average Bonchev–Trinajstić information content (AvgIpc) is 2.86. The predicted octanol–water partition coefficient (Wildman–Crippen LogP) is 6.05. The Morgan fingerprint density at radius 1 is 0.971 bits per heavy atom. The molecular weight excluding hydrogens is 442 g/mol. The van der Waals surface area contributed by atoms with Crippen LogP contribution in [-0.2, 0) is 16.1 Å². The third-order valence-corrected chi connectivity index (χ3v) is 5.20. The number of esters is 1. The van der Waals surface area contributed by atoms with Crippen molar-refractivity contribution >= 4 is 23.6 Å². The molecule has 1 N–H and O–H groups in total. The molecule has 0 unspecified atom stereocenters. The van der Waals surface area contributed by atoms with Gasteiger partial charge in [-0.05, 0) is 72.0 Å². The van der Waals surface area contributed by atoms with Crippen molar-refractivity contribution in [3.05, 3.63) is 95.1 Å². The van der Waals surface area contributed by atoms with E-state index < -0.39 is 0 Å². The lowest BCUT2D eigenvalue weighted by molar-refractivity contribution is -0.111. The van der Waals surface area contributed by atoms with Gasteiger partial charge in [0.05, 0.1) is 19.3 Å². The molecule has 3 aromatic rings. The summed E-state index contributed by atoms with van der Waals surface area (Å²) in [6.45, 7) is 6.81. The van der Waals surface area contributed by atoms with Gasteiger partial charge in [-0.25, -0.2) is 4.79 Å². The Balaban J connectivity index is 1.57. The van der Waals surface area contributed by atoms with Crippen LogP contribution in [0.3, 0.4) is 0 Å². The maximum atomic E-state index is 12.3. The predicted molar refractivity (Wildman–Crippen MR) is 138 cm³/mol. The quantitative estimate of drug-likeness (QED) is 0.287. The first kappa shape index (κ1) is 25.6. The molecular formula is C29H31NO5. The van der Waals surface area contributed by atoms with Crippen LogP contribution in [0.5, 0.6) is 11.5 Å². The van der Waals surface area contributed by atoms with Crippen LogP contribution in [0, 0.1) is 12.8 Å². The first-order chi connectivity index (χ1) is 16.9. The highest BCUT2D eigenvalue weighted by Gasteiger charge is 2.09. The van der Waals surface area contributed by atoms with Crippen molar-refractivity contribution in [1.82, 2.24) is 0 Å². The van der Waals surface area contributed by atoms with Gasteiger partial charge in [-0.1, -0.05) is 44.2 Å². The average molecular weight is 474 g/mol. The summed E-state index contributed by atoms with van der Waals surface area (Å²) in [7, 11) is 1.58. The molecule has 35 heavy (non-hydrogen) atoms. The summed E-state index contributed by atoms with van der Waals surface area (Å²) in [4.78, 5) is 24.4. The fourth-order valence-corrected chi connectivity index (χ4v) is 3.21. The molecule has 0 spiro atoms. The van der Waals surface area contributed by atoms with E-state index in [1.165, 1.54) is 6.08 Å². The number of amides is 1. The summed E-state index contributed by atoms with van der Waals surface area (Å²) < 4.78 is 16.6. The van der Waals surface area contributed by atoms with E-state index in [9.17, 15) is 9.59 Å². The number of benzene rings is 3. The van der Waals surface area contributed by atoms with Crippen molar-refractivity contribution in [1.29, 1.82) is 0 Å². The van der Waals surface area contributed by atoms with Gasteiger partial charge >= 0.3 is 5.97 Å². The van der Waals surface area contributed by atoms with Crippen LogP contribution in [0.2, 0.25) is 0 Å². The Kier molecular flexibility index (Phi) is 9.07. The number of anilines is 1. The molecule has 0 fully saturated rings. The van der Waals surface area contributed by atoms with Crippen LogP contribution in [0.15, 0.2) is 72.8 Å². The third-order valence-electron chi connectivity index (χ3n) is 5.20. The molecule has 0 saturated heterocycles. The van der Waals surface area contributed by atoms with Gasteiger partial charge in [-0.3, -0.25) is 4.79 Å². The topological polar surface area (TPSA) is 73.9 Å². The number of hydrogen-bond donors (Lipinski definition) is 1. The van der Waals surface area contributed by atoms with E-state index in [-0.39, 0.29) is 17.8 Å². The Hall–Kier alpha value is -4.06. The number of hydrogen-bond acceptors (Lipinski definition) is 5. The van der Waals surface area contributed by atoms with Gasteiger partial charge in [0.25, 0.3) is 0 Å². The van der Waals surface area contributed by atoms with Crippen molar-refractivity contribution in [2.75, 3.05) is 19.0 Å². The third kappa shape index (κ3) is 7.74. The van der Waals surface area contributed by atoms with Crippen molar-refractivity contribution in [3.63, 3.8) is 0 Å². The van der Waals surface area contributed by atoms with Gasteiger partial charge in [0.15, 0.2) is 11.5 Å². The van der Waals surface area contributed by atoms with Crippen LogP contribution >= 0.6 is 0 Å². The highest BCUT2D eigenvalue weighted by Crippen LogP contribution is 2.29. The molecule has 182 valence electrons. The Morgan fingerprint density at radius 2 is 1.71 bits per heavy atom. The monoisotopic (exact) mass is 473 g/mol. The minimum Gasteiger partial charge on any atom is -0.493 e. The number of nitrogens with one attached hydrogen (secondary N) is 1. The summed E-state index contributed by atoms with van der Waals surface area (Å²) in [6, 6.07) is 20.1. The van der Waals surface area contributed by atoms with E-state index in [2.05, 4.69) is 5.32 Å². The number of carbonyl (C=O) groups excluding carboxylic acids is 2. The lowest BCUT2D eigenvalue weighted by Crippen LogP contribution is -2.11. The van der Waals surface area contributed by atoms with E-state index in [0.717, 1.165) is 16.7 Å². The number of carbonyl (C=O) groups is 2. The van der Waals surface area contributed by atoms with E-state index in [0.29, 0.717) is 36.0 Å². The molecule has 3 aromatic carbocycles. The maximum absolute atomic E-state index is 12.3. The van der Waals surface area contributed by atoms with Crippen LogP contribution in [0.1, 0.15) is 40.9 Å². The lowest BCUT2D eigenvalue weighted by Gasteiger charge is -2.12. The molecule has 3 rings (SSSR count). The molecule has 0 aliphatic rings. The van der Waals surface area contributed by atoms with Crippen molar-refractivity contribution in [2.24, 2.45) is 5.92 Å². The van der Waals surface area contributed by atoms with Gasteiger partial charge in [-0.2, -0.15) is 0 Å². The first-order valence-corrected chi connectivity index (χ1v) is 11.5. The zero-order valence-corrected chi connectivity index (χ0v) is 20.5. The molecule has 1 amide bonds. The van der Waals surface area contributed by atoms with Crippen molar-refractivity contribution < 1.29 is 23.8 Å². The minimum atomic E-state index is -0.378. The smallest absolute Gasteiger partial charge is 0.338 e. The second-order valence-corrected chi connectivity index (χ2v) is 8.52. The van der Waals surface area contributed by atoms with Crippen LogP contribution in [0.25, 0.3) is 6.08 Å². The van der Waals surface area contributed by atoms with Crippen molar-refractivity contribution in [3.8, 4) is 11.5 Å². The molecule has 0 aromatic heterocycles. The van der Waals surface area contributed by atoms with E-state index in [1.807, 2.05) is 63.2 Å². The Bertz CT molecular complexity index is 1180. The van der Waals surface area contributed by atoms with Gasteiger partial charge in [0.1, 0.15) is 6.61 Å². The standard InChI is InChI=1S/C29H31NO5/c1-20(2)18-35-29(32)23-11-13-25(14-12-23)30-28(31)16-10-22-9-15-26(27(17-22)33-4)34-19-24-8-6-5-7-21(24)3/h5-17,20H,18-19H2,1-4H3,(H,30,31)/b16-10+. The number of methoxy groups -OCH3 is 1. The lowest BCUT2D eigenvalue weighted by atomic mass is 10.1. The second kappa shape index (κ2) is 12.4. The minimum absolute atomic E-state index is 0.270. The van der Waals surface area contributed by atoms with E-state index in [4.69, 9.17) is 14.2 Å². The zero-order chi connectivity index (χ0) is 25.2. The molecule has 0 saturated carbocycles. The fourth-order valence-electron chi connectivity index (χ4n) is 3.21. The molecule has 0 radical (unpaired) electrons. The van der Waals surface area contributed by atoms with E-state index in [1.54, 1.807) is 37.5 Å². The molecule has 6 nitrogen and oxygen atoms in total. The van der Waals surface area contributed by atoms with Crippen LogP contribution < -0.4 is 14.8 Å². The molecule has 0 aliphatic heterocycles. The van der Waals surface area contributed by atoms with Gasteiger partial charge in [-0.15, -0.1) is 0 Å². The second-order valence-electron chi connectivity index (χ2n) is 8.52. The zero-order valence-electron chi connectivity index (χ0n) is 20.5. The Labute approximate surface area is 206 Å². The fraction of sp³-hybridized carbons (Fsp3) is 0.241. The molecule has 6 heteroatoms. The number of ether oxygens (including phenoxy) is 3. The number of aryl methyl sites for hydroxylation is 1. The maximum Gasteiger partial charge on any atom is 0.338 e.